The Morgan fingerprint density at radius 1 is 1.27 bits per heavy atom. The van der Waals surface area contributed by atoms with Gasteiger partial charge in [-0.25, -0.2) is 8.42 Å². The van der Waals surface area contributed by atoms with E-state index in [0.29, 0.717) is 38.5 Å². The molecule has 1 atom stereocenters. The number of fused-ring (bicyclic) bond motifs is 1. The largest absolute Gasteiger partial charge is 0.488 e. The summed E-state index contributed by atoms with van der Waals surface area (Å²) in [6.07, 6.45) is 8.63. The van der Waals surface area contributed by atoms with E-state index < -0.39 is 10.0 Å². The molecular formula is C18H25N3O4S. The number of ether oxygens (including phenoxy) is 1. The molecule has 0 unspecified atom stereocenters. The highest BCUT2D eigenvalue weighted by atomic mass is 32.2. The second kappa shape index (κ2) is 6.92. The van der Waals surface area contributed by atoms with E-state index in [2.05, 4.69) is 11.1 Å². The van der Waals surface area contributed by atoms with Crippen molar-refractivity contribution < 1.29 is 18.4 Å². The van der Waals surface area contributed by atoms with Crippen LogP contribution in [0.2, 0.25) is 0 Å². The second-order valence-electron chi connectivity index (χ2n) is 7.43. The molecule has 0 saturated carbocycles. The maximum Gasteiger partial charge on any atom is 0.211 e. The molecule has 0 bridgehead atoms. The molecule has 1 N–H and O–H groups in total. The van der Waals surface area contributed by atoms with Crippen LogP contribution in [0.1, 0.15) is 30.5 Å². The van der Waals surface area contributed by atoms with Gasteiger partial charge in [0.1, 0.15) is 11.9 Å². The molecule has 0 radical (unpaired) electrons. The quantitative estimate of drug-likeness (QED) is 0.858. The molecule has 1 aromatic heterocycles. The number of nitrogens with zero attached hydrogens (tertiary/aromatic N) is 3. The molecule has 8 heteroatoms. The van der Waals surface area contributed by atoms with Crippen LogP contribution in [0.5, 0.6) is 5.75 Å². The molecule has 3 aliphatic rings. The molecule has 26 heavy (non-hydrogen) atoms. The van der Waals surface area contributed by atoms with E-state index in [4.69, 9.17) is 4.74 Å². The Labute approximate surface area is 154 Å². The number of hydroxylamine groups is 2. The summed E-state index contributed by atoms with van der Waals surface area (Å²) in [5, 5.41) is 10.9. The third-order valence-corrected chi connectivity index (χ3v) is 6.93. The van der Waals surface area contributed by atoms with Crippen LogP contribution in [0.4, 0.5) is 0 Å². The first kappa shape index (κ1) is 17.9. The van der Waals surface area contributed by atoms with E-state index in [1.165, 1.54) is 21.2 Å². The van der Waals surface area contributed by atoms with Gasteiger partial charge in [-0.15, -0.1) is 0 Å². The van der Waals surface area contributed by atoms with E-state index in [-0.39, 0.29) is 6.10 Å². The predicted octanol–water partition coefficient (Wildman–Crippen LogP) is 1.53. The zero-order valence-electron chi connectivity index (χ0n) is 15.0. The highest BCUT2D eigenvalue weighted by molar-refractivity contribution is 7.88. The molecule has 3 aliphatic heterocycles. The monoisotopic (exact) mass is 379 g/mol. The van der Waals surface area contributed by atoms with Crippen molar-refractivity contribution in [3.8, 4) is 5.75 Å². The second-order valence-corrected chi connectivity index (χ2v) is 9.41. The van der Waals surface area contributed by atoms with Crippen LogP contribution in [0.15, 0.2) is 18.3 Å². The van der Waals surface area contributed by atoms with Crippen LogP contribution in [-0.2, 0) is 16.4 Å². The van der Waals surface area contributed by atoms with E-state index >= 15 is 0 Å². The van der Waals surface area contributed by atoms with Gasteiger partial charge in [0.15, 0.2) is 0 Å². The SMILES string of the molecule is CS(=O)(=O)N1CC=C(c2cc3c(cn2)O[C@H](C2CCN(O)CC2)C3)CC1. The summed E-state index contributed by atoms with van der Waals surface area (Å²) in [6.45, 7) is 2.32. The number of aromatic nitrogens is 1. The lowest BCUT2D eigenvalue weighted by Crippen LogP contribution is -2.37. The van der Waals surface area contributed by atoms with Gasteiger partial charge >= 0.3 is 0 Å². The van der Waals surface area contributed by atoms with Gasteiger partial charge in [0.25, 0.3) is 0 Å². The van der Waals surface area contributed by atoms with Crippen molar-refractivity contribution in [2.24, 2.45) is 5.92 Å². The average molecular weight is 379 g/mol. The molecule has 1 fully saturated rings. The highest BCUT2D eigenvalue weighted by Crippen LogP contribution is 2.36. The summed E-state index contributed by atoms with van der Waals surface area (Å²) < 4.78 is 30.9. The lowest BCUT2D eigenvalue weighted by molar-refractivity contribution is -0.118. The molecule has 0 amide bonds. The maximum atomic E-state index is 11.6. The molecular weight excluding hydrogens is 354 g/mol. The van der Waals surface area contributed by atoms with Gasteiger partial charge in [0, 0.05) is 38.2 Å². The Morgan fingerprint density at radius 2 is 2.04 bits per heavy atom. The average Bonchev–Trinajstić information content (AvgIpc) is 3.05. The summed E-state index contributed by atoms with van der Waals surface area (Å²) in [7, 11) is -3.14. The maximum absolute atomic E-state index is 11.6. The first-order valence-electron chi connectivity index (χ1n) is 9.14. The van der Waals surface area contributed by atoms with Crippen LogP contribution in [0, 0.1) is 5.92 Å². The van der Waals surface area contributed by atoms with Crippen molar-refractivity contribution in [1.82, 2.24) is 14.4 Å². The minimum atomic E-state index is -3.14. The lowest BCUT2D eigenvalue weighted by Gasteiger charge is -2.30. The topological polar surface area (TPSA) is 83.0 Å². The molecule has 0 aromatic carbocycles. The van der Waals surface area contributed by atoms with Crippen LogP contribution in [0.25, 0.3) is 5.57 Å². The first-order chi connectivity index (χ1) is 12.4. The van der Waals surface area contributed by atoms with Crippen molar-refractivity contribution in [1.29, 1.82) is 0 Å². The minimum absolute atomic E-state index is 0.164. The molecule has 142 valence electrons. The minimum Gasteiger partial charge on any atom is -0.488 e. The van der Waals surface area contributed by atoms with Gasteiger partial charge in [0.05, 0.1) is 18.1 Å². The first-order valence-corrected chi connectivity index (χ1v) is 11.0. The molecule has 1 saturated heterocycles. The third kappa shape index (κ3) is 3.64. The van der Waals surface area contributed by atoms with E-state index in [1.807, 2.05) is 6.08 Å². The molecule has 4 rings (SSSR count). The lowest BCUT2D eigenvalue weighted by atomic mass is 9.89. The van der Waals surface area contributed by atoms with Crippen molar-refractivity contribution in [3.05, 3.63) is 29.6 Å². The Hall–Kier alpha value is -1.48. The van der Waals surface area contributed by atoms with Crippen LogP contribution in [-0.4, -0.2) is 66.5 Å². The molecule has 4 heterocycles. The fraction of sp³-hybridized carbons (Fsp3) is 0.611. The van der Waals surface area contributed by atoms with Crippen LogP contribution in [0.3, 0.4) is 0 Å². The van der Waals surface area contributed by atoms with Gasteiger partial charge < -0.3 is 9.94 Å². The fourth-order valence-corrected chi connectivity index (χ4v) is 4.82. The number of sulfonamides is 1. The number of rotatable bonds is 3. The summed E-state index contributed by atoms with van der Waals surface area (Å²) in [5.41, 5.74) is 3.20. The zero-order chi connectivity index (χ0) is 18.3. The van der Waals surface area contributed by atoms with Crippen molar-refractivity contribution >= 4 is 15.6 Å². The molecule has 1 aromatic rings. The zero-order valence-corrected chi connectivity index (χ0v) is 15.8. The van der Waals surface area contributed by atoms with Gasteiger partial charge in [-0.3, -0.25) is 4.98 Å². The van der Waals surface area contributed by atoms with E-state index in [9.17, 15) is 13.6 Å². The highest BCUT2D eigenvalue weighted by Gasteiger charge is 2.33. The third-order valence-electron chi connectivity index (χ3n) is 5.66. The molecule has 0 spiro atoms. The van der Waals surface area contributed by atoms with Crippen molar-refractivity contribution in [3.63, 3.8) is 0 Å². The van der Waals surface area contributed by atoms with Crippen LogP contribution < -0.4 is 4.74 Å². The van der Waals surface area contributed by atoms with Crippen LogP contribution >= 0.6 is 0 Å². The van der Waals surface area contributed by atoms with Gasteiger partial charge in [0.2, 0.25) is 10.0 Å². The number of hydrogen-bond donors (Lipinski definition) is 1. The molecule has 0 aliphatic carbocycles. The van der Waals surface area contributed by atoms with Gasteiger partial charge in [-0.05, 0) is 36.8 Å². The Morgan fingerprint density at radius 3 is 2.69 bits per heavy atom. The summed E-state index contributed by atoms with van der Waals surface area (Å²) >= 11 is 0. The fourth-order valence-electron chi connectivity index (χ4n) is 4.05. The number of piperidine rings is 1. The smallest absolute Gasteiger partial charge is 0.211 e. The van der Waals surface area contributed by atoms with E-state index in [0.717, 1.165) is 36.3 Å². The predicted molar refractivity (Wildman–Crippen MR) is 97.5 cm³/mol. The summed E-state index contributed by atoms with van der Waals surface area (Å²) in [5.74, 6) is 1.32. The normalized spacial score (nSPS) is 25.6. The summed E-state index contributed by atoms with van der Waals surface area (Å²) in [6, 6.07) is 2.10. The van der Waals surface area contributed by atoms with Gasteiger partial charge in [-0.2, -0.15) is 9.37 Å². The van der Waals surface area contributed by atoms with Crippen molar-refractivity contribution in [2.75, 3.05) is 32.4 Å². The number of hydrogen-bond acceptors (Lipinski definition) is 6. The Bertz CT molecular complexity index is 816. The summed E-state index contributed by atoms with van der Waals surface area (Å²) in [4.78, 5) is 4.54. The Balaban J connectivity index is 1.45. The Kier molecular flexibility index (Phi) is 4.77. The standard InChI is InChI=1S/C18H25N3O4S/c1-26(23,24)21-8-4-13(5-9-21)16-10-15-11-17(25-18(15)12-19-16)14-2-6-20(22)7-3-14/h4,10,12,14,17,22H,2-3,5-9,11H2,1H3/t17-/m0/s1. The van der Waals surface area contributed by atoms with Gasteiger partial charge in [-0.1, -0.05) is 6.08 Å². The number of pyridine rings is 1. The van der Waals surface area contributed by atoms with E-state index in [1.54, 1.807) is 6.20 Å². The van der Waals surface area contributed by atoms with Crippen molar-refractivity contribution in [2.45, 2.75) is 31.8 Å². The molecule has 7 nitrogen and oxygen atoms in total.